The average Bonchev–Trinajstić information content (AvgIpc) is 2.25. The lowest BCUT2D eigenvalue weighted by molar-refractivity contribution is -0.0381. The Morgan fingerprint density at radius 3 is 2.25 bits per heavy atom. The van der Waals surface area contributed by atoms with E-state index in [1.165, 1.54) is 0 Å². The van der Waals surface area contributed by atoms with Crippen LogP contribution in [0.3, 0.4) is 0 Å². The highest BCUT2D eigenvalue weighted by Crippen LogP contribution is 2.28. The van der Waals surface area contributed by atoms with Gasteiger partial charge in [-0.05, 0) is 31.2 Å². The van der Waals surface area contributed by atoms with E-state index in [4.69, 9.17) is 14.2 Å². The van der Waals surface area contributed by atoms with Crippen molar-refractivity contribution in [3.05, 3.63) is 24.3 Å². The zero-order valence-electron chi connectivity index (χ0n) is 9.81. The van der Waals surface area contributed by atoms with Crippen LogP contribution < -0.4 is 9.47 Å². The van der Waals surface area contributed by atoms with E-state index in [0.29, 0.717) is 18.8 Å². The smallest absolute Gasteiger partial charge is 0.119 e. The van der Waals surface area contributed by atoms with Crippen molar-refractivity contribution in [3.63, 3.8) is 0 Å². The highest BCUT2D eigenvalue weighted by Gasteiger charge is 2.30. The summed E-state index contributed by atoms with van der Waals surface area (Å²) in [5, 5.41) is 0. The number of ether oxygens (including phenoxy) is 3. The fourth-order valence-corrected chi connectivity index (χ4v) is 1.78. The van der Waals surface area contributed by atoms with Crippen molar-refractivity contribution in [2.75, 3.05) is 13.7 Å². The van der Waals surface area contributed by atoms with Gasteiger partial charge in [0.2, 0.25) is 0 Å². The molecule has 3 nitrogen and oxygen atoms in total. The summed E-state index contributed by atoms with van der Waals surface area (Å²) in [6.45, 7) is 2.67. The van der Waals surface area contributed by atoms with Crippen LogP contribution in [-0.2, 0) is 4.74 Å². The van der Waals surface area contributed by atoms with E-state index in [9.17, 15) is 0 Å². The molecule has 3 heteroatoms. The zero-order chi connectivity index (χ0) is 11.4. The predicted molar refractivity (Wildman–Crippen MR) is 62.1 cm³/mol. The normalized spacial score (nSPS) is 23.6. The molecule has 16 heavy (non-hydrogen) atoms. The van der Waals surface area contributed by atoms with Gasteiger partial charge in [0.05, 0.1) is 12.7 Å². The summed E-state index contributed by atoms with van der Waals surface area (Å²) in [6.07, 6.45) is 2.67. The molecule has 0 N–H and O–H groups in total. The van der Waals surface area contributed by atoms with E-state index in [1.807, 2.05) is 31.2 Å². The van der Waals surface area contributed by atoms with E-state index in [0.717, 1.165) is 24.3 Å². The average molecular weight is 222 g/mol. The molecule has 0 radical (unpaired) electrons. The first-order valence-electron chi connectivity index (χ1n) is 5.74. The molecule has 1 aliphatic rings. The maximum atomic E-state index is 5.78. The number of benzene rings is 1. The van der Waals surface area contributed by atoms with Crippen LogP contribution in [0.4, 0.5) is 0 Å². The Labute approximate surface area is 96.3 Å². The number of methoxy groups -OCH3 is 1. The van der Waals surface area contributed by atoms with Gasteiger partial charge in [-0.15, -0.1) is 0 Å². The van der Waals surface area contributed by atoms with Crippen molar-refractivity contribution in [2.24, 2.45) is 0 Å². The summed E-state index contributed by atoms with van der Waals surface area (Å²) in [5.41, 5.74) is 0. The molecule has 1 aromatic carbocycles. The van der Waals surface area contributed by atoms with Crippen LogP contribution in [0.25, 0.3) is 0 Å². The third kappa shape index (κ3) is 2.67. The molecule has 1 aromatic rings. The maximum absolute atomic E-state index is 5.78. The minimum atomic E-state index is 0.308. The van der Waals surface area contributed by atoms with Gasteiger partial charge in [-0.2, -0.15) is 0 Å². The first-order valence-corrected chi connectivity index (χ1v) is 5.74. The highest BCUT2D eigenvalue weighted by molar-refractivity contribution is 5.31. The minimum Gasteiger partial charge on any atom is -0.494 e. The topological polar surface area (TPSA) is 27.7 Å². The van der Waals surface area contributed by atoms with E-state index < -0.39 is 0 Å². The van der Waals surface area contributed by atoms with Gasteiger partial charge in [0.25, 0.3) is 0 Å². The summed E-state index contributed by atoms with van der Waals surface area (Å²) in [4.78, 5) is 0. The summed E-state index contributed by atoms with van der Waals surface area (Å²) in [6, 6.07) is 7.77. The molecule has 0 aliphatic heterocycles. The van der Waals surface area contributed by atoms with Crippen molar-refractivity contribution in [1.29, 1.82) is 0 Å². The monoisotopic (exact) mass is 222 g/mol. The summed E-state index contributed by atoms with van der Waals surface area (Å²) < 4.78 is 16.4. The van der Waals surface area contributed by atoms with Crippen LogP contribution >= 0.6 is 0 Å². The molecule has 0 amide bonds. The molecule has 0 spiro atoms. The van der Waals surface area contributed by atoms with Crippen molar-refractivity contribution >= 4 is 0 Å². The van der Waals surface area contributed by atoms with Crippen molar-refractivity contribution in [2.45, 2.75) is 32.0 Å². The van der Waals surface area contributed by atoms with Gasteiger partial charge in [-0.25, -0.2) is 0 Å². The Balaban J connectivity index is 1.82. The van der Waals surface area contributed by atoms with Crippen molar-refractivity contribution in [3.8, 4) is 11.5 Å². The number of rotatable bonds is 5. The highest BCUT2D eigenvalue weighted by atomic mass is 16.5. The Morgan fingerprint density at radius 2 is 1.69 bits per heavy atom. The van der Waals surface area contributed by atoms with Gasteiger partial charge in [-0.3, -0.25) is 0 Å². The summed E-state index contributed by atoms with van der Waals surface area (Å²) >= 11 is 0. The maximum Gasteiger partial charge on any atom is 0.119 e. The second kappa shape index (κ2) is 5.21. The molecule has 88 valence electrons. The zero-order valence-corrected chi connectivity index (χ0v) is 9.81. The Morgan fingerprint density at radius 1 is 1.06 bits per heavy atom. The van der Waals surface area contributed by atoms with Crippen LogP contribution in [0, 0.1) is 0 Å². The van der Waals surface area contributed by atoms with E-state index in [-0.39, 0.29) is 0 Å². The standard InChI is InChI=1S/C13H18O3/c1-3-15-10-4-6-11(7-5-10)16-13-8-12(9-13)14-2/h4-7,12-13H,3,8-9H2,1-2H3/t12-,13-. The lowest BCUT2D eigenvalue weighted by atomic mass is 9.92. The molecule has 0 bridgehead atoms. The van der Waals surface area contributed by atoms with Gasteiger partial charge in [0.15, 0.2) is 0 Å². The van der Waals surface area contributed by atoms with Crippen LogP contribution in [0.15, 0.2) is 24.3 Å². The van der Waals surface area contributed by atoms with Crippen LogP contribution in [0.5, 0.6) is 11.5 Å². The van der Waals surface area contributed by atoms with Gasteiger partial charge in [0, 0.05) is 20.0 Å². The van der Waals surface area contributed by atoms with Gasteiger partial charge in [0.1, 0.15) is 17.6 Å². The molecule has 0 heterocycles. The van der Waals surface area contributed by atoms with Gasteiger partial charge >= 0.3 is 0 Å². The molecule has 1 fully saturated rings. The molecule has 0 atom stereocenters. The number of hydrogen-bond acceptors (Lipinski definition) is 3. The van der Waals surface area contributed by atoms with E-state index in [2.05, 4.69) is 0 Å². The molecular formula is C13H18O3. The molecule has 1 saturated carbocycles. The largest absolute Gasteiger partial charge is 0.494 e. The molecule has 0 aromatic heterocycles. The Hall–Kier alpha value is -1.22. The molecule has 1 aliphatic carbocycles. The van der Waals surface area contributed by atoms with Gasteiger partial charge < -0.3 is 14.2 Å². The first kappa shape index (κ1) is 11.3. The first-order chi connectivity index (χ1) is 7.81. The fraction of sp³-hybridized carbons (Fsp3) is 0.538. The quantitative estimate of drug-likeness (QED) is 0.766. The van der Waals surface area contributed by atoms with E-state index >= 15 is 0 Å². The van der Waals surface area contributed by atoms with Crippen LogP contribution in [0.2, 0.25) is 0 Å². The molecular weight excluding hydrogens is 204 g/mol. The lowest BCUT2D eigenvalue weighted by Gasteiger charge is -2.34. The number of hydrogen-bond donors (Lipinski definition) is 0. The Bertz CT molecular complexity index is 314. The molecule has 0 saturated heterocycles. The lowest BCUT2D eigenvalue weighted by Crippen LogP contribution is -2.38. The summed E-state index contributed by atoms with van der Waals surface area (Å²) in [5.74, 6) is 1.79. The predicted octanol–water partition coefficient (Wildman–Crippen LogP) is 2.64. The van der Waals surface area contributed by atoms with E-state index in [1.54, 1.807) is 7.11 Å². The SMILES string of the molecule is CCOc1ccc(O[C@H]2C[C@H](OC)C2)cc1. The Kier molecular flexibility index (Phi) is 3.67. The van der Waals surface area contributed by atoms with Crippen molar-refractivity contribution < 1.29 is 14.2 Å². The third-order valence-electron chi connectivity index (χ3n) is 2.82. The third-order valence-corrected chi connectivity index (χ3v) is 2.82. The second-order valence-corrected chi connectivity index (χ2v) is 3.97. The fourth-order valence-electron chi connectivity index (χ4n) is 1.78. The molecule has 2 rings (SSSR count). The summed E-state index contributed by atoms with van der Waals surface area (Å²) in [7, 11) is 1.75. The van der Waals surface area contributed by atoms with Crippen LogP contribution in [-0.4, -0.2) is 25.9 Å². The van der Waals surface area contributed by atoms with Crippen molar-refractivity contribution in [1.82, 2.24) is 0 Å². The second-order valence-electron chi connectivity index (χ2n) is 3.97. The van der Waals surface area contributed by atoms with Gasteiger partial charge in [-0.1, -0.05) is 0 Å². The minimum absolute atomic E-state index is 0.308. The molecule has 0 unspecified atom stereocenters. The van der Waals surface area contributed by atoms with Crippen LogP contribution in [0.1, 0.15) is 19.8 Å².